The molecule has 2 aromatic rings. The molecule has 0 aliphatic rings. The minimum Gasteiger partial charge on any atom is -0.508 e. The minimum absolute atomic E-state index is 0.166. The van der Waals surface area contributed by atoms with E-state index in [2.05, 4.69) is 21.2 Å². The molecule has 0 heterocycles. The molecule has 0 aliphatic carbocycles. The lowest BCUT2D eigenvalue weighted by Crippen LogP contribution is -2.26. The first-order chi connectivity index (χ1) is 10.1. The number of hydrogen-bond acceptors (Lipinski definition) is 3. The molecule has 0 atom stereocenters. The summed E-state index contributed by atoms with van der Waals surface area (Å²) in [5.74, 6) is 0.701. The van der Waals surface area contributed by atoms with Gasteiger partial charge in [-0.05, 0) is 58.2 Å². The maximum atomic E-state index is 12.1. The number of rotatable bonds is 5. The Morgan fingerprint density at radius 2 is 2.10 bits per heavy atom. The predicted molar refractivity (Wildman–Crippen MR) is 84.8 cm³/mol. The molecule has 0 saturated heterocycles. The molecule has 0 spiro atoms. The number of aromatic hydroxyl groups is 1. The van der Waals surface area contributed by atoms with E-state index >= 15 is 0 Å². The second-order valence-electron chi connectivity index (χ2n) is 4.52. The first-order valence-electron chi connectivity index (χ1n) is 6.50. The fourth-order valence-electron chi connectivity index (χ4n) is 1.93. The van der Waals surface area contributed by atoms with Gasteiger partial charge in [0.25, 0.3) is 5.91 Å². The van der Waals surface area contributed by atoms with Gasteiger partial charge in [-0.1, -0.05) is 12.1 Å². The van der Waals surface area contributed by atoms with Crippen molar-refractivity contribution in [2.24, 2.45) is 0 Å². The van der Waals surface area contributed by atoms with E-state index in [1.54, 1.807) is 43.5 Å². The van der Waals surface area contributed by atoms with Crippen LogP contribution in [0, 0.1) is 0 Å². The molecule has 0 unspecified atom stereocenters. The van der Waals surface area contributed by atoms with E-state index in [-0.39, 0.29) is 11.7 Å². The maximum absolute atomic E-state index is 12.1. The largest absolute Gasteiger partial charge is 0.508 e. The third-order valence-corrected chi connectivity index (χ3v) is 3.72. The van der Waals surface area contributed by atoms with Crippen LogP contribution in [0.4, 0.5) is 0 Å². The Balaban J connectivity index is 1.96. The summed E-state index contributed by atoms with van der Waals surface area (Å²) >= 11 is 3.36. The monoisotopic (exact) mass is 349 g/mol. The third kappa shape index (κ3) is 4.23. The zero-order valence-corrected chi connectivity index (χ0v) is 13.2. The molecule has 21 heavy (non-hydrogen) atoms. The summed E-state index contributed by atoms with van der Waals surface area (Å²) in [7, 11) is 1.56. The quantitative estimate of drug-likeness (QED) is 0.871. The van der Waals surface area contributed by atoms with Crippen LogP contribution in [0.25, 0.3) is 0 Å². The molecular formula is C16H16BrNO3. The third-order valence-electron chi connectivity index (χ3n) is 3.03. The average Bonchev–Trinajstić information content (AvgIpc) is 2.47. The maximum Gasteiger partial charge on any atom is 0.252 e. The Bertz CT molecular complexity index is 643. The molecule has 2 N–H and O–H groups in total. The molecule has 0 fully saturated rings. The highest BCUT2D eigenvalue weighted by atomic mass is 79.9. The van der Waals surface area contributed by atoms with Crippen LogP contribution in [-0.4, -0.2) is 24.7 Å². The molecule has 1 amide bonds. The van der Waals surface area contributed by atoms with E-state index in [9.17, 15) is 9.90 Å². The zero-order chi connectivity index (χ0) is 15.2. The van der Waals surface area contributed by atoms with Crippen molar-refractivity contribution in [2.45, 2.75) is 6.42 Å². The first kappa shape index (κ1) is 15.4. The second-order valence-corrected chi connectivity index (χ2v) is 5.38. The number of nitrogens with one attached hydrogen (secondary N) is 1. The van der Waals surface area contributed by atoms with Crippen LogP contribution < -0.4 is 10.1 Å². The number of ether oxygens (including phenoxy) is 1. The summed E-state index contributed by atoms with van der Waals surface area (Å²) in [6.07, 6.45) is 0.654. The zero-order valence-electron chi connectivity index (χ0n) is 11.6. The van der Waals surface area contributed by atoms with Gasteiger partial charge in [0.2, 0.25) is 0 Å². The van der Waals surface area contributed by atoms with E-state index in [1.807, 2.05) is 6.07 Å². The van der Waals surface area contributed by atoms with Gasteiger partial charge in [-0.25, -0.2) is 0 Å². The molecule has 5 heteroatoms. The van der Waals surface area contributed by atoms with Crippen molar-refractivity contribution in [3.8, 4) is 11.5 Å². The average molecular weight is 350 g/mol. The molecule has 0 aliphatic heterocycles. The van der Waals surface area contributed by atoms with Crippen molar-refractivity contribution >= 4 is 21.8 Å². The highest BCUT2D eigenvalue weighted by molar-refractivity contribution is 9.10. The molecule has 0 radical (unpaired) electrons. The Labute approximate surface area is 131 Å². The van der Waals surface area contributed by atoms with Crippen LogP contribution in [-0.2, 0) is 6.42 Å². The van der Waals surface area contributed by atoms with Gasteiger partial charge in [-0.3, -0.25) is 4.79 Å². The van der Waals surface area contributed by atoms with Crippen LogP contribution in [0.15, 0.2) is 46.9 Å². The van der Waals surface area contributed by atoms with Gasteiger partial charge in [0.15, 0.2) is 0 Å². The van der Waals surface area contributed by atoms with E-state index in [4.69, 9.17) is 4.74 Å². The Hall–Kier alpha value is -2.01. The van der Waals surface area contributed by atoms with E-state index < -0.39 is 0 Å². The molecule has 0 saturated carbocycles. The number of amides is 1. The van der Waals surface area contributed by atoms with E-state index in [0.29, 0.717) is 24.3 Å². The summed E-state index contributed by atoms with van der Waals surface area (Å²) in [5.41, 5.74) is 1.50. The SMILES string of the molecule is COc1ccc(Br)c(C(=O)NCCc2cccc(O)c2)c1. The van der Waals surface area contributed by atoms with Crippen LogP contribution in [0.2, 0.25) is 0 Å². The smallest absolute Gasteiger partial charge is 0.252 e. The number of phenolic OH excluding ortho intramolecular Hbond substituents is 1. The second kappa shape index (κ2) is 7.13. The van der Waals surface area contributed by atoms with Crippen molar-refractivity contribution < 1.29 is 14.6 Å². The highest BCUT2D eigenvalue weighted by Gasteiger charge is 2.10. The number of hydrogen-bond donors (Lipinski definition) is 2. The van der Waals surface area contributed by atoms with Crippen LogP contribution in [0.5, 0.6) is 11.5 Å². The van der Waals surface area contributed by atoms with Gasteiger partial charge in [0.05, 0.1) is 12.7 Å². The molecule has 0 bridgehead atoms. The van der Waals surface area contributed by atoms with Gasteiger partial charge in [-0.2, -0.15) is 0 Å². The van der Waals surface area contributed by atoms with Gasteiger partial charge in [-0.15, -0.1) is 0 Å². The summed E-state index contributed by atoms with van der Waals surface area (Å²) in [5, 5.41) is 12.2. The van der Waals surface area contributed by atoms with Gasteiger partial charge in [0.1, 0.15) is 11.5 Å². The van der Waals surface area contributed by atoms with Crippen molar-refractivity contribution in [1.82, 2.24) is 5.32 Å². The molecule has 0 aromatic heterocycles. The van der Waals surface area contributed by atoms with Crippen LogP contribution in [0.1, 0.15) is 15.9 Å². The van der Waals surface area contributed by atoms with E-state index in [1.165, 1.54) is 0 Å². The van der Waals surface area contributed by atoms with Crippen molar-refractivity contribution in [3.05, 3.63) is 58.1 Å². The number of phenols is 1. The number of methoxy groups -OCH3 is 1. The lowest BCUT2D eigenvalue weighted by molar-refractivity contribution is 0.0953. The Morgan fingerprint density at radius 3 is 2.81 bits per heavy atom. The molecule has 2 aromatic carbocycles. The lowest BCUT2D eigenvalue weighted by atomic mass is 10.1. The molecule has 4 nitrogen and oxygen atoms in total. The number of carbonyl (C=O) groups is 1. The van der Waals surface area contributed by atoms with Crippen LogP contribution in [0.3, 0.4) is 0 Å². The summed E-state index contributed by atoms with van der Waals surface area (Å²) in [6.45, 7) is 0.492. The number of halogens is 1. The summed E-state index contributed by atoms with van der Waals surface area (Å²) < 4.78 is 5.84. The number of benzene rings is 2. The van der Waals surface area contributed by atoms with Crippen molar-refractivity contribution in [2.75, 3.05) is 13.7 Å². The summed E-state index contributed by atoms with van der Waals surface area (Å²) in [4.78, 5) is 12.1. The molecule has 110 valence electrons. The topological polar surface area (TPSA) is 58.6 Å². The fourth-order valence-corrected chi connectivity index (χ4v) is 2.36. The molecule has 2 rings (SSSR count). The summed E-state index contributed by atoms with van der Waals surface area (Å²) in [6, 6.07) is 12.3. The fraction of sp³-hybridized carbons (Fsp3) is 0.188. The number of carbonyl (C=O) groups excluding carboxylic acids is 1. The van der Waals surface area contributed by atoms with Crippen molar-refractivity contribution in [3.63, 3.8) is 0 Å². The van der Waals surface area contributed by atoms with Gasteiger partial charge >= 0.3 is 0 Å². The van der Waals surface area contributed by atoms with Gasteiger partial charge < -0.3 is 15.2 Å². The van der Waals surface area contributed by atoms with Crippen LogP contribution >= 0.6 is 15.9 Å². The van der Waals surface area contributed by atoms with Crippen molar-refractivity contribution in [1.29, 1.82) is 0 Å². The standard InChI is InChI=1S/C16H16BrNO3/c1-21-13-5-6-15(17)14(10-13)16(20)18-8-7-11-3-2-4-12(19)9-11/h2-6,9-10,19H,7-8H2,1H3,(H,18,20). The Morgan fingerprint density at radius 1 is 1.29 bits per heavy atom. The van der Waals surface area contributed by atoms with Gasteiger partial charge in [0, 0.05) is 11.0 Å². The molecular weight excluding hydrogens is 334 g/mol. The first-order valence-corrected chi connectivity index (χ1v) is 7.29. The predicted octanol–water partition coefficient (Wildman–Crippen LogP) is 3.14. The Kier molecular flexibility index (Phi) is 5.22. The lowest BCUT2D eigenvalue weighted by Gasteiger charge is -2.09. The minimum atomic E-state index is -0.166. The normalized spacial score (nSPS) is 10.2. The highest BCUT2D eigenvalue weighted by Crippen LogP contribution is 2.22. The van der Waals surface area contributed by atoms with E-state index in [0.717, 1.165) is 10.0 Å².